The molecule has 0 aliphatic heterocycles. The van der Waals surface area contributed by atoms with Crippen LogP contribution in [0.25, 0.3) is 0 Å². The Labute approximate surface area is 63.8 Å². The summed E-state index contributed by atoms with van der Waals surface area (Å²) in [5.74, 6) is -1.66. The zero-order valence-electron chi connectivity index (χ0n) is 6.20. The molecule has 1 aromatic rings. The Morgan fingerprint density at radius 2 is 2.00 bits per heavy atom. The van der Waals surface area contributed by atoms with E-state index < -0.39 is 11.6 Å². The normalized spacial score (nSPS) is 10.1. The largest absolute Gasteiger partial charge is 0.398 e. The summed E-state index contributed by atoms with van der Waals surface area (Å²) in [4.78, 5) is 0. The van der Waals surface area contributed by atoms with Crippen LogP contribution in [-0.4, -0.2) is 0 Å². The third kappa shape index (κ3) is 1.31. The van der Waals surface area contributed by atoms with E-state index in [1.807, 2.05) is 0 Å². The highest BCUT2D eigenvalue weighted by atomic mass is 19.2. The van der Waals surface area contributed by atoms with Crippen LogP contribution < -0.4 is 5.73 Å². The molecule has 3 heteroatoms. The molecule has 11 heavy (non-hydrogen) atoms. The van der Waals surface area contributed by atoms with Crippen molar-refractivity contribution in [3.63, 3.8) is 0 Å². The molecular weight excluding hydrogens is 148 g/mol. The van der Waals surface area contributed by atoms with Gasteiger partial charge in [0.15, 0.2) is 11.6 Å². The molecular formula is C8H9F2N. The molecule has 0 amide bonds. The monoisotopic (exact) mass is 157 g/mol. The summed E-state index contributed by atoms with van der Waals surface area (Å²) in [6, 6.07) is 2.40. The van der Waals surface area contributed by atoms with Crippen LogP contribution in [0.5, 0.6) is 0 Å². The molecule has 0 aromatic heterocycles. The average molecular weight is 157 g/mol. The summed E-state index contributed by atoms with van der Waals surface area (Å²) in [7, 11) is 0. The number of halogens is 2. The predicted octanol–water partition coefficient (Wildman–Crippen LogP) is 2.11. The van der Waals surface area contributed by atoms with Crippen LogP contribution in [-0.2, 0) is 6.42 Å². The van der Waals surface area contributed by atoms with E-state index in [1.165, 1.54) is 6.07 Å². The number of hydrogen-bond donors (Lipinski definition) is 1. The molecule has 0 aliphatic carbocycles. The molecule has 0 radical (unpaired) electrons. The van der Waals surface area contributed by atoms with Crippen LogP contribution in [0.15, 0.2) is 12.1 Å². The maximum atomic E-state index is 12.8. The highest BCUT2D eigenvalue weighted by Crippen LogP contribution is 2.18. The van der Waals surface area contributed by atoms with Crippen LogP contribution in [0.2, 0.25) is 0 Å². The van der Waals surface area contributed by atoms with Crippen LogP contribution in [0.3, 0.4) is 0 Å². The summed E-state index contributed by atoms with van der Waals surface area (Å²) < 4.78 is 25.3. The number of nitrogens with two attached hydrogens (primary N) is 1. The first-order valence-corrected chi connectivity index (χ1v) is 3.39. The third-order valence-electron chi connectivity index (χ3n) is 1.59. The fraction of sp³-hybridized carbons (Fsp3) is 0.250. The van der Waals surface area contributed by atoms with Crippen molar-refractivity contribution in [2.24, 2.45) is 0 Å². The lowest BCUT2D eigenvalue weighted by Gasteiger charge is -2.03. The van der Waals surface area contributed by atoms with Crippen LogP contribution in [0, 0.1) is 11.6 Å². The molecule has 0 aliphatic rings. The van der Waals surface area contributed by atoms with Gasteiger partial charge in [-0.2, -0.15) is 0 Å². The Hall–Kier alpha value is -1.12. The SMILES string of the molecule is CCc1c(N)ccc(F)c1F. The first-order valence-electron chi connectivity index (χ1n) is 3.39. The predicted molar refractivity (Wildman–Crippen MR) is 40.1 cm³/mol. The maximum Gasteiger partial charge on any atom is 0.164 e. The number of hydrogen-bond acceptors (Lipinski definition) is 1. The van der Waals surface area contributed by atoms with Crippen molar-refractivity contribution in [1.82, 2.24) is 0 Å². The van der Waals surface area contributed by atoms with Crippen LogP contribution >= 0.6 is 0 Å². The summed E-state index contributed by atoms with van der Waals surface area (Å²) in [6.07, 6.45) is 0.412. The van der Waals surface area contributed by atoms with Crippen molar-refractivity contribution < 1.29 is 8.78 Å². The molecule has 0 saturated heterocycles. The molecule has 0 atom stereocenters. The van der Waals surface area contributed by atoms with Gasteiger partial charge in [0, 0.05) is 11.3 Å². The molecule has 0 saturated carbocycles. The van der Waals surface area contributed by atoms with Crippen molar-refractivity contribution >= 4 is 5.69 Å². The second kappa shape index (κ2) is 2.86. The van der Waals surface area contributed by atoms with Gasteiger partial charge >= 0.3 is 0 Å². The minimum Gasteiger partial charge on any atom is -0.398 e. The fourth-order valence-corrected chi connectivity index (χ4v) is 0.967. The van der Waals surface area contributed by atoms with E-state index in [0.29, 0.717) is 12.1 Å². The van der Waals surface area contributed by atoms with Gasteiger partial charge in [-0.1, -0.05) is 6.92 Å². The first-order chi connectivity index (χ1) is 5.16. The minimum atomic E-state index is -0.837. The van der Waals surface area contributed by atoms with Gasteiger partial charge in [0.25, 0.3) is 0 Å². The van der Waals surface area contributed by atoms with Gasteiger partial charge in [-0.3, -0.25) is 0 Å². The van der Waals surface area contributed by atoms with E-state index in [9.17, 15) is 8.78 Å². The molecule has 0 bridgehead atoms. The molecule has 0 fully saturated rings. The lowest BCUT2D eigenvalue weighted by molar-refractivity contribution is 0.500. The molecule has 0 unspecified atom stereocenters. The smallest absolute Gasteiger partial charge is 0.164 e. The van der Waals surface area contributed by atoms with Crippen LogP contribution in [0.1, 0.15) is 12.5 Å². The fourth-order valence-electron chi connectivity index (χ4n) is 0.967. The van der Waals surface area contributed by atoms with Crippen molar-refractivity contribution in [2.45, 2.75) is 13.3 Å². The van der Waals surface area contributed by atoms with E-state index >= 15 is 0 Å². The van der Waals surface area contributed by atoms with E-state index in [0.717, 1.165) is 6.07 Å². The second-order valence-corrected chi connectivity index (χ2v) is 2.28. The number of rotatable bonds is 1. The maximum absolute atomic E-state index is 12.8. The van der Waals surface area contributed by atoms with Gasteiger partial charge < -0.3 is 5.73 Å². The van der Waals surface area contributed by atoms with Crippen molar-refractivity contribution in [2.75, 3.05) is 5.73 Å². The molecule has 1 rings (SSSR count). The van der Waals surface area contributed by atoms with E-state index in [4.69, 9.17) is 5.73 Å². The Bertz CT molecular complexity index is 271. The highest BCUT2D eigenvalue weighted by Gasteiger charge is 2.08. The lowest BCUT2D eigenvalue weighted by atomic mass is 10.1. The van der Waals surface area contributed by atoms with Gasteiger partial charge in [0.05, 0.1) is 0 Å². The quantitative estimate of drug-likeness (QED) is 0.621. The van der Waals surface area contributed by atoms with Gasteiger partial charge in [-0.15, -0.1) is 0 Å². The number of nitrogen functional groups attached to an aromatic ring is 1. The van der Waals surface area contributed by atoms with Crippen molar-refractivity contribution in [3.05, 3.63) is 29.3 Å². The molecule has 1 nitrogen and oxygen atoms in total. The molecule has 0 heterocycles. The van der Waals surface area contributed by atoms with E-state index in [-0.39, 0.29) is 5.56 Å². The topological polar surface area (TPSA) is 26.0 Å². The minimum absolute atomic E-state index is 0.255. The van der Waals surface area contributed by atoms with Gasteiger partial charge in [-0.25, -0.2) is 8.78 Å². The standard InChI is InChI=1S/C8H9F2N/c1-2-5-7(11)4-3-6(9)8(5)10/h3-4H,2,11H2,1H3. The van der Waals surface area contributed by atoms with Crippen LogP contribution in [0.4, 0.5) is 14.5 Å². The average Bonchev–Trinajstić information content (AvgIpc) is 1.99. The lowest BCUT2D eigenvalue weighted by Crippen LogP contribution is -1.98. The highest BCUT2D eigenvalue weighted by molar-refractivity contribution is 5.47. The number of anilines is 1. The Morgan fingerprint density at radius 3 is 2.45 bits per heavy atom. The second-order valence-electron chi connectivity index (χ2n) is 2.28. The first kappa shape index (κ1) is 7.98. The van der Waals surface area contributed by atoms with E-state index in [2.05, 4.69) is 0 Å². The zero-order valence-corrected chi connectivity index (χ0v) is 6.20. The summed E-state index contributed by atoms with van der Waals surface area (Å²) >= 11 is 0. The third-order valence-corrected chi connectivity index (χ3v) is 1.59. The van der Waals surface area contributed by atoms with E-state index in [1.54, 1.807) is 6.92 Å². The summed E-state index contributed by atoms with van der Waals surface area (Å²) in [5.41, 5.74) is 5.96. The molecule has 0 spiro atoms. The number of benzene rings is 1. The zero-order chi connectivity index (χ0) is 8.43. The van der Waals surface area contributed by atoms with Crippen molar-refractivity contribution in [3.8, 4) is 0 Å². The Kier molecular flexibility index (Phi) is 2.08. The van der Waals surface area contributed by atoms with Gasteiger partial charge in [0.1, 0.15) is 0 Å². The Balaban J connectivity index is 3.29. The van der Waals surface area contributed by atoms with Gasteiger partial charge in [-0.05, 0) is 18.6 Å². The summed E-state index contributed by atoms with van der Waals surface area (Å²) in [6.45, 7) is 1.73. The molecule has 2 N–H and O–H groups in total. The van der Waals surface area contributed by atoms with Gasteiger partial charge in [0.2, 0.25) is 0 Å². The molecule has 60 valence electrons. The molecule has 1 aromatic carbocycles. The van der Waals surface area contributed by atoms with Crippen molar-refractivity contribution in [1.29, 1.82) is 0 Å². The Morgan fingerprint density at radius 1 is 1.36 bits per heavy atom. The summed E-state index contributed by atoms with van der Waals surface area (Å²) in [5, 5.41) is 0.